The molecule has 3 aromatic rings. The number of piperazine rings is 1. The number of aryl methyl sites for hydroxylation is 1. The van der Waals surface area contributed by atoms with Crippen molar-refractivity contribution in [2.24, 2.45) is 0 Å². The van der Waals surface area contributed by atoms with Crippen molar-refractivity contribution < 1.29 is 17.9 Å². The Morgan fingerprint density at radius 1 is 1.14 bits per heavy atom. The number of fused-ring (bicyclic) bond motifs is 1. The fourth-order valence-electron chi connectivity index (χ4n) is 4.60. The monoisotopic (exact) mass is 533 g/mol. The third-order valence-electron chi connectivity index (χ3n) is 6.59. The molecule has 13 heteroatoms. The predicted octanol–water partition coefficient (Wildman–Crippen LogP) is 1.68. The summed E-state index contributed by atoms with van der Waals surface area (Å²) in [5, 5.41) is 4.50. The molecule has 0 saturated carbocycles. The van der Waals surface area contributed by atoms with Crippen molar-refractivity contribution in [3.05, 3.63) is 28.3 Å². The number of pyridine rings is 1. The van der Waals surface area contributed by atoms with E-state index in [-0.39, 0.29) is 28.2 Å². The maximum Gasteiger partial charge on any atom is 0.279 e. The summed E-state index contributed by atoms with van der Waals surface area (Å²) in [6.45, 7) is 11.5. The van der Waals surface area contributed by atoms with Crippen molar-refractivity contribution in [2.75, 3.05) is 53.0 Å². The van der Waals surface area contributed by atoms with E-state index in [9.17, 15) is 13.2 Å². The molecule has 1 N–H and O–H groups in total. The van der Waals surface area contributed by atoms with E-state index in [0.29, 0.717) is 56.9 Å². The first-order valence-electron chi connectivity index (χ1n) is 12.6. The quantitative estimate of drug-likeness (QED) is 0.413. The molecule has 4 rings (SSSR count). The summed E-state index contributed by atoms with van der Waals surface area (Å²) < 4.78 is 41.1. The molecule has 1 aliphatic rings. The molecular formula is C24H35N7O5S. The van der Waals surface area contributed by atoms with Gasteiger partial charge in [0.2, 0.25) is 15.9 Å². The molecule has 1 atom stereocenters. The van der Waals surface area contributed by atoms with E-state index in [4.69, 9.17) is 14.5 Å². The molecule has 12 nitrogen and oxygen atoms in total. The summed E-state index contributed by atoms with van der Waals surface area (Å²) in [7, 11) is -2.18. The molecule has 37 heavy (non-hydrogen) atoms. The maximum atomic E-state index is 13.5. The van der Waals surface area contributed by atoms with Crippen LogP contribution >= 0.6 is 0 Å². The predicted molar refractivity (Wildman–Crippen MR) is 139 cm³/mol. The molecule has 0 aromatic carbocycles. The Labute approximate surface area is 216 Å². The normalized spacial score (nSPS) is 16.4. The van der Waals surface area contributed by atoms with Gasteiger partial charge in [-0.3, -0.25) is 9.48 Å². The summed E-state index contributed by atoms with van der Waals surface area (Å²) >= 11 is 0. The van der Waals surface area contributed by atoms with Gasteiger partial charge >= 0.3 is 0 Å². The van der Waals surface area contributed by atoms with Crippen molar-refractivity contribution in [1.29, 1.82) is 0 Å². The molecule has 202 valence electrons. The Hall–Kier alpha value is -2.87. The molecule has 1 saturated heterocycles. The molecule has 0 amide bonds. The van der Waals surface area contributed by atoms with E-state index < -0.39 is 15.6 Å². The van der Waals surface area contributed by atoms with Gasteiger partial charge in [-0.2, -0.15) is 9.40 Å². The van der Waals surface area contributed by atoms with Crippen LogP contribution in [0.1, 0.15) is 39.4 Å². The first-order valence-corrected chi connectivity index (χ1v) is 14.0. The van der Waals surface area contributed by atoms with Crippen LogP contribution < -0.4 is 10.3 Å². The van der Waals surface area contributed by atoms with Crippen LogP contribution in [0.5, 0.6) is 5.88 Å². The zero-order valence-corrected chi connectivity index (χ0v) is 22.8. The lowest BCUT2D eigenvalue weighted by Gasteiger charge is -2.33. The van der Waals surface area contributed by atoms with Crippen molar-refractivity contribution in [3.8, 4) is 17.3 Å². The Bertz CT molecular complexity index is 1410. The van der Waals surface area contributed by atoms with Gasteiger partial charge < -0.3 is 19.4 Å². The first-order chi connectivity index (χ1) is 17.7. The van der Waals surface area contributed by atoms with Crippen LogP contribution in [0.4, 0.5) is 0 Å². The highest BCUT2D eigenvalue weighted by molar-refractivity contribution is 7.89. The third-order valence-corrected chi connectivity index (χ3v) is 8.46. The van der Waals surface area contributed by atoms with Crippen LogP contribution in [0, 0.1) is 0 Å². The average molecular weight is 534 g/mol. The Morgan fingerprint density at radius 3 is 2.49 bits per heavy atom. The highest BCUT2D eigenvalue weighted by Crippen LogP contribution is 2.30. The maximum absolute atomic E-state index is 13.5. The zero-order valence-electron chi connectivity index (χ0n) is 22.0. The summed E-state index contributed by atoms with van der Waals surface area (Å²) in [4.78, 5) is 27.1. The van der Waals surface area contributed by atoms with Crippen LogP contribution in [-0.2, 0) is 21.2 Å². The fraction of sp³-hybridized carbons (Fsp3) is 0.583. The largest absolute Gasteiger partial charge is 0.477 e. The molecule has 3 aromatic heterocycles. The highest BCUT2D eigenvalue weighted by Gasteiger charge is 2.30. The number of likely N-dealkylation sites (N-methyl/N-ethyl adjacent to an activating group) is 1. The van der Waals surface area contributed by atoms with Gasteiger partial charge in [0, 0.05) is 33.3 Å². The van der Waals surface area contributed by atoms with Crippen LogP contribution in [-0.4, -0.2) is 95.4 Å². The Balaban J connectivity index is 1.82. The molecule has 0 spiro atoms. The van der Waals surface area contributed by atoms with Crippen LogP contribution in [0.2, 0.25) is 0 Å². The van der Waals surface area contributed by atoms with Crippen LogP contribution in [0.25, 0.3) is 22.4 Å². The number of aromatic nitrogens is 5. The third kappa shape index (κ3) is 5.26. The van der Waals surface area contributed by atoms with Crippen molar-refractivity contribution in [3.63, 3.8) is 0 Å². The average Bonchev–Trinajstić information content (AvgIpc) is 3.28. The first kappa shape index (κ1) is 27.2. The van der Waals surface area contributed by atoms with Crippen molar-refractivity contribution >= 4 is 21.1 Å². The number of nitrogens with zero attached hydrogens (tertiary/aromatic N) is 6. The van der Waals surface area contributed by atoms with Gasteiger partial charge in [-0.25, -0.2) is 18.4 Å². The fourth-order valence-corrected chi connectivity index (χ4v) is 6.00. The van der Waals surface area contributed by atoms with Gasteiger partial charge in [0.05, 0.1) is 36.7 Å². The summed E-state index contributed by atoms with van der Waals surface area (Å²) in [6.07, 6.45) is 1.89. The molecule has 0 bridgehead atoms. The topological polar surface area (TPSA) is 136 Å². The summed E-state index contributed by atoms with van der Waals surface area (Å²) in [5.74, 6) is 0.368. The molecule has 1 fully saturated rings. The van der Waals surface area contributed by atoms with E-state index in [2.05, 4.69) is 26.9 Å². The SMILES string of the molecule is CCOc1ncc(S(=O)(=O)N2CCN(CC)CC2)cc1-c1nc2c(CC)n([C@H](C)COC)nc2c(=O)[nH]1. The second-order valence-electron chi connectivity index (χ2n) is 8.96. The lowest BCUT2D eigenvalue weighted by molar-refractivity contribution is 0.156. The summed E-state index contributed by atoms with van der Waals surface area (Å²) in [6, 6.07) is 1.38. The lowest BCUT2D eigenvalue weighted by Crippen LogP contribution is -2.48. The number of hydrogen-bond donors (Lipinski definition) is 1. The van der Waals surface area contributed by atoms with Crippen molar-refractivity contribution in [2.45, 2.75) is 45.1 Å². The second kappa shape index (κ2) is 11.3. The minimum absolute atomic E-state index is 0.0266. The number of methoxy groups -OCH3 is 1. The number of hydrogen-bond acceptors (Lipinski definition) is 9. The van der Waals surface area contributed by atoms with Gasteiger partial charge in [-0.15, -0.1) is 0 Å². The molecule has 1 aliphatic heterocycles. The number of ether oxygens (including phenoxy) is 2. The molecule has 0 unspecified atom stereocenters. The lowest BCUT2D eigenvalue weighted by atomic mass is 10.2. The van der Waals surface area contributed by atoms with Gasteiger partial charge in [-0.05, 0) is 32.9 Å². The number of sulfonamides is 1. The van der Waals surface area contributed by atoms with Crippen LogP contribution in [0.15, 0.2) is 22.0 Å². The number of rotatable bonds is 10. The van der Waals surface area contributed by atoms with E-state index in [1.807, 2.05) is 13.8 Å². The summed E-state index contributed by atoms with van der Waals surface area (Å²) in [5.41, 5.74) is 1.33. The smallest absolute Gasteiger partial charge is 0.279 e. The number of aromatic amines is 1. The van der Waals surface area contributed by atoms with Crippen molar-refractivity contribution in [1.82, 2.24) is 33.9 Å². The standard InChI is InChI=1S/C24H35N7O5S/c1-6-19-20-21(28-31(19)16(4)15-35-5)23(32)27-22(26-20)18-13-17(14-25-24(18)36-8-3)37(33,34)30-11-9-29(7-2)10-12-30/h13-14,16H,6-12,15H2,1-5H3,(H,26,27,32)/t16-/m1/s1. The van der Waals surface area contributed by atoms with E-state index in [1.165, 1.54) is 16.6 Å². The Morgan fingerprint density at radius 2 is 1.86 bits per heavy atom. The van der Waals surface area contributed by atoms with Gasteiger partial charge in [-0.1, -0.05) is 13.8 Å². The van der Waals surface area contributed by atoms with E-state index >= 15 is 0 Å². The number of H-pyrrole nitrogens is 1. The van der Waals surface area contributed by atoms with Gasteiger partial charge in [0.15, 0.2) is 5.52 Å². The molecule has 4 heterocycles. The van der Waals surface area contributed by atoms with Crippen LogP contribution in [0.3, 0.4) is 0 Å². The van der Waals surface area contributed by atoms with Gasteiger partial charge in [0.1, 0.15) is 16.2 Å². The van der Waals surface area contributed by atoms with E-state index in [0.717, 1.165) is 12.2 Å². The number of nitrogens with one attached hydrogen (secondary N) is 1. The second-order valence-corrected chi connectivity index (χ2v) is 10.9. The van der Waals surface area contributed by atoms with E-state index in [1.54, 1.807) is 18.7 Å². The highest BCUT2D eigenvalue weighted by atomic mass is 32.2. The van der Waals surface area contributed by atoms with Gasteiger partial charge in [0.25, 0.3) is 5.56 Å². The Kier molecular flexibility index (Phi) is 8.26. The zero-order chi connectivity index (χ0) is 26.7. The minimum Gasteiger partial charge on any atom is -0.477 e. The molecule has 0 radical (unpaired) electrons. The molecule has 0 aliphatic carbocycles. The molecular weight excluding hydrogens is 498 g/mol. The minimum atomic E-state index is -3.80.